The number of rotatable bonds is 10. The molecule has 0 amide bonds. The summed E-state index contributed by atoms with van der Waals surface area (Å²) >= 11 is 0. The molecule has 0 saturated heterocycles. The van der Waals surface area contributed by atoms with Gasteiger partial charge in [0.2, 0.25) is 0 Å². The van der Waals surface area contributed by atoms with Gasteiger partial charge in [-0.25, -0.2) is 0 Å². The molecule has 0 heterocycles. The van der Waals surface area contributed by atoms with E-state index in [-0.39, 0.29) is 5.41 Å². The Morgan fingerprint density at radius 2 is 0.900 bits per heavy atom. The lowest BCUT2D eigenvalue weighted by atomic mass is 9.80. The molecular formula is C38H40N2. The number of hydrogen-bond acceptors (Lipinski definition) is 2. The summed E-state index contributed by atoms with van der Waals surface area (Å²) in [5, 5.41) is 0. The summed E-state index contributed by atoms with van der Waals surface area (Å²) in [4.78, 5) is 4.55. The lowest BCUT2D eigenvalue weighted by Gasteiger charge is -2.28. The maximum Gasteiger partial charge on any atom is 0.0462 e. The molecule has 5 aromatic rings. The molecule has 2 nitrogen and oxygen atoms in total. The molecule has 0 bridgehead atoms. The van der Waals surface area contributed by atoms with Crippen LogP contribution in [0, 0.1) is 0 Å². The Morgan fingerprint density at radius 1 is 0.500 bits per heavy atom. The highest BCUT2D eigenvalue weighted by molar-refractivity contribution is 5.78. The lowest BCUT2D eigenvalue weighted by Crippen LogP contribution is -2.17. The Bertz CT molecular complexity index is 1470. The zero-order chi connectivity index (χ0) is 28.0. The largest absolute Gasteiger partial charge is 0.345 e. The number of para-hydroxylation sites is 2. The van der Waals surface area contributed by atoms with Gasteiger partial charge < -0.3 is 9.80 Å². The van der Waals surface area contributed by atoms with Gasteiger partial charge >= 0.3 is 0 Å². The third-order valence-corrected chi connectivity index (χ3v) is 7.93. The number of benzene rings is 5. The fraction of sp³-hybridized carbons (Fsp3) is 0.211. The predicted octanol–water partition coefficient (Wildman–Crippen LogP) is 11.1. The quantitative estimate of drug-likeness (QED) is 0.179. The highest BCUT2D eigenvalue weighted by atomic mass is 15.1. The molecule has 0 aromatic heterocycles. The Balaban J connectivity index is 1.40. The normalized spacial score (nSPS) is 11.3. The van der Waals surface area contributed by atoms with E-state index in [4.69, 9.17) is 0 Å². The van der Waals surface area contributed by atoms with Gasteiger partial charge in [0.05, 0.1) is 0 Å². The lowest BCUT2D eigenvalue weighted by molar-refractivity contribution is 0.458. The van der Waals surface area contributed by atoms with Gasteiger partial charge in [-0.15, -0.1) is 0 Å². The Morgan fingerprint density at radius 3 is 1.40 bits per heavy atom. The minimum atomic E-state index is 0.180. The van der Waals surface area contributed by atoms with Crippen LogP contribution in [-0.4, -0.2) is 7.05 Å². The van der Waals surface area contributed by atoms with E-state index < -0.39 is 0 Å². The van der Waals surface area contributed by atoms with E-state index in [1.54, 1.807) is 0 Å². The molecule has 0 radical (unpaired) electrons. The maximum atomic E-state index is 2.36. The standard InChI is InChI=1S/C38H40N2/c1-5-6-29-38(2,3)32-21-27-37(28-22-32)40(35-15-11-8-12-16-35)36-25-19-31(20-26-36)30-17-23-34(24-18-30)39(4)33-13-9-7-10-14-33/h7-28H,5-6,29H2,1-4H3. The summed E-state index contributed by atoms with van der Waals surface area (Å²) in [6, 6.07) is 47.9. The molecule has 0 spiro atoms. The molecule has 5 aromatic carbocycles. The number of nitrogens with zero attached hydrogens (tertiary/aromatic N) is 2. The highest BCUT2D eigenvalue weighted by Crippen LogP contribution is 2.37. The average Bonchev–Trinajstić information content (AvgIpc) is 3.01. The molecule has 5 rings (SSSR count). The predicted molar refractivity (Wildman–Crippen MR) is 174 cm³/mol. The van der Waals surface area contributed by atoms with Crippen LogP contribution in [0.2, 0.25) is 0 Å². The van der Waals surface area contributed by atoms with E-state index in [1.165, 1.54) is 53.0 Å². The Kier molecular flexibility index (Phi) is 8.36. The molecule has 0 N–H and O–H groups in total. The van der Waals surface area contributed by atoms with Gasteiger partial charge in [0, 0.05) is 35.5 Å². The first kappa shape index (κ1) is 27.3. The van der Waals surface area contributed by atoms with Crippen LogP contribution in [0.5, 0.6) is 0 Å². The SMILES string of the molecule is CCCCC(C)(C)c1ccc(N(c2ccccc2)c2ccc(-c3ccc(N(C)c4ccccc4)cc3)cc2)cc1. The van der Waals surface area contributed by atoms with Crippen LogP contribution in [0.3, 0.4) is 0 Å². The van der Waals surface area contributed by atoms with Crippen molar-refractivity contribution in [3.63, 3.8) is 0 Å². The van der Waals surface area contributed by atoms with Crippen LogP contribution in [0.25, 0.3) is 11.1 Å². The van der Waals surface area contributed by atoms with Crippen LogP contribution >= 0.6 is 0 Å². The van der Waals surface area contributed by atoms with Crippen molar-refractivity contribution in [3.05, 3.63) is 139 Å². The molecule has 0 atom stereocenters. The van der Waals surface area contributed by atoms with Gasteiger partial charge in [0.25, 0.3) is 0 Å². The van der Waals surface area contributed by atoms with Crippen LogP contribution < -0.4 is 9.80 Å². The fourth-order valence-electron chi connectivity index (χ4n) is 5.33. The molecule has 0 aliphatic heterocycles. The fourth-order valence-corrected chi connectivity index (χ4v) is 5.33. The zero-order valence-corrected chi connectivity index (χ0v) is 24.2. The summed E-state index contributed by atoms with van der Waals surface area (Å²) < 4.78 is 0. The second kappa shape index (κ2) is 12.3. The van der Waals surface area contributed by atoms with E-state index in [2.05, 4.69) is 165 Å². The minimum Gasteiger partial charge on any atom is -0.345 e. The second-order valence-corrected chi connectivity index (χ2v) is 11.2. The molecule has 40 heavy (non-hydrogen) atoms. The molecule has 0 unspecified atom stereocenters. The van der Waals surface area contributed by atoms with Crippen molar-refractivity contribution in [1.29, 1.82) is 0 Å². The van der Waals surface area contributed by atoms with Crippen LogP contribution in [0.15, 0.2) is 133 Å². The molecule has 0 fully saturated rings. The van der Waals surface area contributed by atoms with Crippen molar-refractivity contribution >= 4 is 28.4 Å². The topological polar surface area (TPSA) is 6.48 Å². The van der Waals surface area contributed by atoms with Gasteiger partial charge in [0.1, 0.15) is 0 Å². The van der Waals surface area contributed by atoms with E-state index >= 15 is 0 Å². The van der Waals surface area contributed by atoms with Gasteiger partial charge in [-0.05, 0) is 89.2 Å². The summed E-state index contributed by atoms with van der Waals surface area (Å²) in [5.41, 5.74) is 9.81. The first-order valence-electron chi connectivity index (χ1n) is 14.4. The molecular weight excluding hydrogens is 484 g/mol. The first-order chi connectivity index (χ1) is 19.5. The van der Waals surface area contributed by atoms with Gasteiger partial charge in [-0.3, -0.25) is 0 Å². The summed E-state index contributed by atoms with van der Waals surface area (Å²) in [6.45, 7) is 6.98. The minimum absolute atomic E-state index is 0.180. The zero-order valence-electron chi connectivity index (χ0n) is 24.2. The third kappa shape index (κ3) is 6.13. The number of unbranched alkanes of at least 4 members (excludes halogenated alkanes) is 1. The van der Waals surface area contributed by atoms with Crippen molar-refractivity contribution < 1.29 is 0 Å². The first-order valence-corrected chi connectivity index (χ1v) is 14.4. The van der Waals surface area contributed by atoms with Crippen LogP contribution in [-0.2, 0) is 5.41 Å². The Labute approximate surface area is 240 Å². The van der Waals surface area contributed by atoms with Gasteiger partial charge in [-0.1, -0.05) is 106 Å². The van der Waals surface area contributed by atoms with E-state index in [0.29, 0.717) is 0 Å². The third-order valence-electron chi connectivity index (χ3n) is 7.93. The molecule has 2 heteroatoms. The van der Waals surface area contributed by atoms with Crippen LogP contribution in [0.4, 0.5) is 28.4 Å². The van der Waals surface area contributed by atoms with Crippen LogP contribution in [0.1, 0.15) is 45.6 Å². The van der Waals surface area contributed by atoms with Gasteiger partial charge in [0.15, 0.2) is 0 Å². The van der Waals surface area contributed by atoms with E-state index in [0.717, 1.165) is 11.4 Å². The Hall–Kier alpha value is -4.30. The molecule has 202 valence electrons. The maximum absolute atomic E-state index is 2.36. The molecule has 0 saturated carbocycles. The summed E-state index contributed by atoms with van der Waals surface area (Å²) in [7, 11) is 2.11. The average molecular weight is 525 g/mol. The summed E-state index contributed by atoms with van der Waals surface area (Å²) in [6.07, 6.45) is 3.69. The number of anilines is 5. The van der Waals surface area contributed by atoms with E-state index in [9.17, 15) is 0 Å². The number of hydrogen-bond donors (Lipinski definition) is 0. The van der Waals surface area contributed by atoms with Gasteiger partial charge in [-0.2, -0.15) is 0 Å². The summed E-state index contributed by atoms with van der Waals surface area (Å²) in [5.74, 6) is 0. The van der Waals surface area contributed by atoms with E-state index in [1.807, 2.05) is 6.07 Å². The van der Waals surface area contributed by atoms with Crippen molar-refractivity contribution in [2.24, 2.45) is 0 Å². The van der Waals surface area contributed by atoms with Crippen molar-refractivity contribution in [1.82, 2.24) is 0 Å². The van der Waals surface area contributed by atoms with Crippen molar-refractivity contribution in [3.8, 4) is 11.1 Å². The highest BCUT2D eigenvalue weighted by Gasteiger charge is 2.20. The van der Waals surface area contributed by atoms with Crippen molar-refractivity contribution in [2.45, 2.75) is 45.4 Å². The van der Waals surface area contributed by atoms with Crippen molar-refractivity contribution in [2.75, 3.05) is 16.8 Å². The molecule has 0 aliphatic carbocycles. The monoisotopic (exact) mass is 524 g/mol. The molecule has 0 aliphatic rings. The smallest absolute Gasteiger partial charge is 0.0462 e. The second-order valence-electron chi connectivity index (χ2n) is 11.2.